The number of halogens is 1. The summed E-state index contributed by atoms with van der Waals surface area (Å²) in [7, 11) is 0. The first kappa shape index (κ1) is 23.7. The summed E-state index contributed by atoms with van der Waals surface area (Å²) in [6.07, 6.45) is 1.23. The molecule has 0 spiro atoms. The lowest BCUT2D eigenvalue weighted by atomic mass is 9.77. The van der Waals surface area contributed by atoms with Gasteiger partial charge in [-0.1, -0.05) is 19.1 Å². The van der Waals surface area contributed by atoms with Crippen LogP contribution in [-0.2, 0) is 19.1 Å². The molecule has 1 amide bonds. The number of alkyl halides is 1. The molecule has 6 nitrogen and oxygen atoms in total. The zero-order valence-corrected chi connectivity index (χ0v) is 19.7. The highest BCUT2D eigenvalue weighted by atomic mass is 19.1. The monoisotopic (exact) mass is 459 g/mol. The fourth-order valence-corrected chi connectivity index (χ4v) is 4.96. The zero-order chi connectivity index (χ0) is 23.5. The van der Waals surface area contributed by atoms with Crippen molar-refractivity contribution < 1.29 is 28.2 Å². The molecule has 1 aromatic rings. The standard InChI is InChI=1S/C26H34FNO5/c1-4-13-32-19-9-6-17(7-10-19)23-22-24(29)20-15-18(27)8-11-21(20)33-25(22)26(30)28(23)12-5-14-31-16(2)3/h6-7,9-10,16,18,20-21,23H,4-5,8,11-15H2,1-3H3. The minimum atomic E-state index is -1.00. The Hall–Kier alpha value is -2.41. The molecular formula is C26H34FNO5. The maximum absolute atomic E-state index is 14.1. The highest BCUT2D eigenvalue weighted by Crippen LogP contribution is 2.47. The van der Waals surface area contributed by atoms with Gasteiger partial charge >= 0.3 is 0 Å². The summed E-state index contributed by atoms with van der Waals surface area (Å²) in [5.74, 6) is -0.0390. The minimum Gasteiger partial charge on any atom is -0.494 e. The van der Waals surface area contributed by atoms with Gasteiger partial charge in [-0.05, 0) is 63.6 Å². The van der Waals surface area contributed by atoms with E-state index in [-0.39, 0.29) is 30.0 Å². The molecule has 2 aliphatic heterocycles. The predicted octanol–water partition coefficient (Wildman–Crippen LogP) is 4.53. The van der Waals surface area contributed by atoms with Crippen molar-refractivity contribution in [2.45, 2.75) is 77.3 Å². The number of fused-ring (bicyclic) bond motifs is 1. The number of Topliss-reactive ketones (excluding diaryl/α,β-unsaturated/α-hetero) is 1. The van der Waals surface area contributed by atoms with Gasteiger partial charge in [0.15, 0.2) is 11.5 Å². The van der Waals surface area contributed by atoms with E-state index in [2.05, 4.69) is 0 Å². The number of ether oxygens (including phenoxy) is 3. The normalized spacial score (nSPS) is 27.0. The Morgan fingerprint density at radius 1 is 1.15 bits per heavy atom. The molecule has 0 radical (unpaired) electrons. The molecule has 2 heterocycles. The van der Waals surface area contributed by atoms with E-state index in [1.54, 1.807) is 4.90 Å². The smallest absolute Gasteiger partial charge is 0.290 e. The van der Waals surface area contributed by atoms with Gasteiger partial charge in [-0.25, -0.2) is 4.39 Å². The van der Waals surface area contributed by atoms with Gasteiger partial charge in [0.05, 0.1) is 30.2 Å². The number of nitrogens with zero attached hydrogens (tertiary/aromatic N) is 1. The second-order valence-electron chi connectivity index (χ2n) is 9.37. The Bertz CT molecular complexity index is 896. The van der Waals surface area contributed by atoms with Gasteiger partial charge in [-0.2, -0.15) is 0 Å². The average molecular weight is 460 g/mol. The van der Waals surface area contributed by atoms with Crippen molar-refractivity contribution in [3.05, 3.63) is 41.2 Å². The molecule has 4 rings (SSSR count). The van der Waals surface area contributed by atoms with Crippen molar-refractivity contribution in [3.63, 3.8) is 0 Å². The van der Waals surface area contributed by atoms with Crippen molar-refractivity contribution >= 4 is 11.7 Å². The first-order valence-electron chi connectivity index (χ1n) is 12.1. The number of hydrogen-bond acceptors (Lipinski definition) is 5. The quantitative estimate of drug-likeness (QED) is 0.508. The summed E-state index contributed by atoms with van der Waals surface area (Å²) in [5, 5.41) is 0. The molecule has 7 heteroatoms. The molecule has 0 N–H and O–H groups in total. The zero-order valence-electron chi connectivity index (χ0n) is 19.7. The molecule has 0 bridgehead atoms. The third-order valence-corrected chi connectivity index (χ3v) is 6.54. The highest BCUT2D eigenvalue weighted by Gasteiger charge is 2.52. The van der Waals surface area contributed by atoms with Crippen LogP contribution in [0, 0.1) is 5.92 Å². The number of rotatable bonds is 9. The molecule has 1 aromatic carbocycles. The van der Waals surface area contributed by atoms with Gasteiger partial charge in [0.25, 0.3) is 5.91 Å². The Labute approximate surface area is 195 Å². The lowest BCUT2D eigenvalue weighted by Crippen LogP contribution is -2.42. The summed E-state index contributed by atoms with van der Waals surface area (Å²) < 4.78 is 31.6. The van der Waals surface area contributed by atoms with Crippen molar-refractivity contribution in [2.24, 2.45) is 5.92 Å². The Morgan fingerprint density at radius 3 is 2.61 bits per heavy atom. The van der Waals surface area contributed by atoms with Crippen LogP contribution < -0.4 is 4.74 Å². The number of hydrogen-bond donors (Lipinski definition) is 0. The molecule has 33 heavy (non-hydrogen) atoms. The van der Waals surface area contributed by atoms with Crippen LogP contribution in [0.2, 0.25) is 0 Å². The predicted molar refractivity (Wildman–Crippen MR) is 122 cm³/mol. The summed E-state index contributed by atoms with van der Waals surface area (Å²) in [4.78, 5) is 28.7. The van der Waals surface area contributed by atoms with E-state index in [1.807, 2.05) is 45.0 Å². The van der Waals surface area contributed by atoms with Crippen LogP contribution in [0.15, 0.2) is 35.6 Å². The van der Waals surface area contributed by atoms with Gasteiger partial charge in [-0.15, -0.1) is 0 Å². The molecule has 1 aliphatic carbocycles. The van der Waals surface area contributed by atoms with E-state index < -0.39 is 24.2 Å². The molecule has 1 fully saturated rings. The van der Waals surface area contributed by atoms with Crippen LogP contribution in [0.25, 0.3) is 0 Å². The summed E-state index contributed by atoms with van der Waals surface area (Å²) in [6.45, 7) is 7.57. The lowest BCUT2D eigenvalue weighted by Gasteiger charge is -2.36. The Morgan fingerprint density at radius 2 is 1.91 bits per heavy atom. The average Bonchev–Trinajstić information content (AvgIpc) is 3.08. The second-order valence-corrected chi connectivity index (χ2v) is 9.37. The largest absolute Gasteiger partial charge is 0.494 e. The van der Waals surface area contributed by atoms with E-state index in [4.69, 9.17) is 14.2 Å². The van der Waals surface area contributed by atoms with E-state index in [0.29, 0.717) is 44.6 Å². The second kappa shape index (κ2) is 10.2. The number of carbonyl (C=O) groups excluding carboxylic acids is 2. The molecule has 3 aliphatic rings. The Kier molecular flexibility index (Phi) is 7.37. The van der Waals surface area contributed by atoms with E-state index in [9.17, 15) is 14.0 Å². The third kappa shape index (κ3) is 4.93. The van der Waals surface area contributed by atoms with E-state index >= 15 is 0 Å². The SMILES string of the molecule is CCCOc1ccc(C2C3=C(OC4CCC(F)CC4C3=O)C(=O)N2CCCOC(C)C)cc1. The van der Waals surface area contributed by atoms with Gasteiger partial charge in [0.2, 0.25) is 0 Å². The fourth-order valence-electron chi connectivity index (χ4n) is 4.96. The van der Waals surface area contributed by atoms with Crippen LogP contribution in [-0.4, -0.2) is 54.7 Å². The van der Waals surface area contributed by atoms with Gasteiger partial charge < -0.3 is 19.1 Å². The molecule has 1 saturated carbocycles. The highest BCUT2D eigenvalue weighted by molar-refractivity contribution is 6.11. The Balaban J connectivity index is 1.63. The van der Waals surface area contributed by atoms with E-state index in [1.165, 1.54) is 0 Å². The van der Waals surface area contributed by atoms with Crippen LogP contribution in [0.4, 0.5) is 4.39 Å². The number of amides is 1. The van der Waals surface area contributed by atoms with Crippen molar-refractivity contribution in [1.29, 1.82) is 0 Å². The summed E-state index contributed by atoms with van der Waals surface area (Å²) in [6, 6.07) is 6.98. The minimum absolute atomic E-state index is 0.110. The number of benzene rings is 1. The topological polar surface area (TPSA) is 65.1 Å². The lowest BCUT2D eigenvalue weighted by molar-refractivity contribution is -0.136. The van der Waals surface area contributed by atoms with Gasteiger partial charge in [0, 0.05) is 13.2 Å². The molecule has 4 atom stereocenters. The summed E-state index contributed by atoms with van der Waals surface area (Å²) in [5.41, 5.74) is 1.20. The first-order valence-corrected chi connectivity index (χ1v) is 12.1. The number of ketones is 1. The summed E-state index contributed by atoms with van der Waals surface area (Å²) >= 11 is 0. The van der Waals surface area contributed by atoms with Crippen LogP contribution in [0.5, 0.6) is 5.75 Å². The van der Waals surface area contributed by atoms with Crippen LogP contribution >= 0.6 is 0 Å². The van der Waals surface area contributed by atoms with Crippen molar-refractivity contribution in [1.82, 2.24) is 4.90 Å². The molecule has 0 saturated heterocycles. The molecule has 180 valence electrons. The van der Waals surface area contributed by atoms with Gasteiger partial charge in [0.1, 0.15) is 18.0 Å². The van der Waals surface area contributed by atoms with Crippen LogP contribution in [0.1, 0.15) is 64.5 Å². The first-order chi connectivity index (χ1) is 15.9. The van der Waals surface area contributed by atoms with Crippen molar-refractivity contribution in [2.75, 3.05) is 19.8 Å². The fraction of sp³-hybridized carbons (Fsp3) is 0.615. The maximum atomic E-state index is 14.1. The molecule has 0 aromatic heterocycles. The maximum Gasteiger partial charge on any atom is 0.290 e. The third-order valence-electron chi connectivity index (χ3n) is 6.54. The number of carbonyl (C=O) groups is 2. The van der Waals surface area contributed by atoms with Crippen LogP contribution in [0.3, 0.4) is 0 Å². The van der Waals surface area contributed by atoms with Gasteiger partial charge in [-0.3, -0.25) is 9.59 Å². The molecular weight excluding hydrogens is 425 g/mol. The molecule has 4 unspecified atom stereocenters. The van der Waals surface area contributed by atoms with E-state index in [0.717, 1.165) is 17.7 Å². The van der Waals surface area contributed by atoms with Crippen molar-refractivity contribution in [3.8, 4) is 5.75 Å².